The molecule has 1 amide bonds. The van der Waals surface area contributed by atoms with Gasteiger partial charge >= 0.3 is 0 Å². The Morgan fingerprint density at radius 2 is 2.00 bits per heavy atom. The summed E-state index contributed by atoms with van der Waals surface area (Å²) in [5.41, 5.74) is 0.294. The number of nitrogens with zero attached hydrogens (tertiary/aromatic N) is 1. The van der Waals surface area contributed by atoms with E-state index in [0.717, 1.165) is 0 Å². The van der Waals surface area contributed by atoms with Crippen molar-refractivity contribution in [1.82, 2.24) is 5.32 Å². The maximum atomic E-state index is 11.5. The van der Waals surface area contributed by atoms with E-state index >= 15 is 0 Å². The number of ketones is 1. The first-order valence-corrected chi connectivity index (χ1v) is 5.49. The van der Waals surface area contributed by atoms with Gasteiger partial charge in [0.05, 0.1) is 11.3 Å². The summed E-state index contributed by atoms with van der Waals surface area (Å²) in [6.45, 7) is 1.70. The van der Waals surface area contributed by atoms with Crippen LogP contribution < -0.4 is 5.32 Å². The van der Waals surface area contributed by atoms with Gasteiger partial charge in [-0.15, -0.1) is 0 Å². The van der Waals surface area contributed by atoms with Crippen LogP contribution in [0.1, 0.15) is 18.9 Å². The molecule has 6 heteroatoms. The minimum absolute atomic E-state index is 0.0130. The van der Waals surface area contributed by atoms with Crippen molar-refractivity contribution in [2.24, 2.45) is 0 Å². The van der Waals surface area contributed by atoms with Crippen molar-refractivity contribution in [2.75, 3.05) is 6.54 Å². The molecule has 0 aliphatic heterocycles. The van der Waals surface area contributed by atoms with Crippen LogP contribution in [0.15, 0.2) is 24.3 Å². The summed E-state index contributed by atoms with van der Waals surface area (Å²) in [5.74, 6) is -0.341. The number of nitro benzene ring substituents is 1. The number of benzene rings is 1. The van der Waals surface area contributed by atoms with E-state index < -0.39 is 4.92 Å². The Labute approximate surface area is 104 Å². The smallest absolute Gasteiger partial charge is 0.273 e. The van der Waals surface area contributed by atoms with E-state index in [2.05, 4.69) is 5.32 Å². The van der Waals surface area contributed by atoms with Crippen molar-refractivity contribution >= 4 is 17.4 Å². The molecule has 0 atom stereocenters. The molecule has 0 unspecified atom stereocenters. The second-order valence-corrected chi connectivity index (χ2v) is 3.86. The predicted molar refractivity (Wildman–Crippen MR) is 65.1 cm³/mol. The molecule has 96 valence electrons. The molecule has 0 radical (unpaired) electrons. The third-order valence-electron chi connectivity index (χ3n) is 2.34. The van der Waals surface area contributed by atoms with E-state index in [-0.39, 0.29) is 36.8 Å². The van der Waals surface area contributed by atoms with Gasteiger partial charge in [-0.3, -0.25) is 19.7 Å². The number of nitrogens with one attached hydrogen (secondary N) is 1. The Bertz CT molecular complexity index is 471. The van der Waals surface area contributed by atoms with Gasteiger partial charge in [0.25, 0.3) is 5.69 Å². The Balaban J connectivity index is 2.59. The maximum Gasteiger partial charge on any atom is 0.273 e. The highest BCUT2D eigenvalue weighted by Crippen LogP contribution is 2.17. The molecule has 6 nitrogen and oxygen atoms in total. The lowest BCUT2D eigenvalue weighted by Crippen LogP contribution is -2.27. The van der Waals surface area contributed by atoms with E-state index in [0.29, 0.717) is 5.56 Å². The molecule has 0 saturated heterocycles. The third-order valence-corrected chi connectivity index (χ3v) is 2.34. The van der Waals surface area contributed by atoms with Crippen molar-refractivity contribution in [3.8, 4) is 0 Å². The average molecular weight is 250 g/mol. The number of para-hydroxylation sites is 1. The van der Waals surface area contributed by atoms with Crippen LogP contribution in [0, 0.1) is 10.1 Å². The van der Waals surface area contributed by atoms with Gasteiger partial charge in [-0.2, -0.15) is 0 Å². The molecule has 0 aliphatic carbocycles. The summed E-state index contributed by atoms with van der Waals surface area (Å²) in [6.07, 6.45) is 0.206. The molecule has 18 heavy (non-hydrogen) atoms. The number of carbonyl (C=O) groups excluding carboxylic acids is 2. The number of hydrogen-bond acceptors (Lipinski definition) is 4. The van der Waals surface area contributed by atoms with E-state index in [9.17, 15) is 19.7 Å². The van der Waals surface area contributed by atoms with Crippen LogP contribution in [-0.2, 0) is 16.0 Å². The molecule has 0 heterocycles. The second-order valence-electron chi connectivity index (χ2n) is 3.86. The first-order valence-electron chi connectivity index (χ1n) is 5.49. The van der Waals surface area contributed by atoms with Gasteiger partial charge < -0.3 is 5.32 Å². The fourth-order valence-corrected chi connectivity index (χ4v) is 1.45. The van der Waals surface area contributed by atoms with Crippen LogP contribution in [-0.4, -0.2) is 23.2 Å². The molecular formula is C12H14N2O4. The molecule has 1 aromatic carbocycles. The quantitative estimate of drug-likeness (QED) is 0.607. The number of amides is 1. The molecule has 1 aromatic rings. The van der Waals surface area contributed by atoms with Crippen molar-refractivity contribution < 1.29 is 14.5 Å². The zero-order valence-corrected chi connectivity index (χ0v) is 10.0. The Morgan fingerprint density at radius 3 is 2.61 bits per heavy atom. The van der Waals surface area contributed by atoms with Gasteiger partial charge in [0.2, 0.25) is 5.91 Å². The first-order chi connectivity index (χ1) is 8.50. The average Bonchev–Trinajstić information content (AvgIpc) is 2.28. The lowest BCUT2D eigenvalue weighted by Gasteiger charge is -2.04. The maximum absolute atomic E-state index is 11.5. The van der Waals surface area contributed by atoms with Crippen LogP contribution in [0.25, 0.3) is 0 Å². The number of hydrogen-bond donors (Lipinski definition) is 1. The molecule has 0 spiro atoms. The summed E-state index contributed by atoms with van der Waals surface area (Å²) in [6, 6.07) is 6.10. The normalized spacial score (nSPS) is 9.83. The monoisotopic (exact) mass is 250 g/mol. The minimum atomic E-state index is -0.516. The van der Waals surface area contributed by atoms with Crippen molar-refractivity contribution in [2.45, 2.75) is 19.8 Å². The summed E-state index contributed by atoms with van der Waals surface area (Å²) in [4.78, 5) is 32.4. The summed E-state index contributed by atoms with van der Waals surface area (Å²) < 4.78 is 0. The SMILES string of the molecule is CC(=O)CCNC(=O)Cc1ccccc1[N+](=O)[O-]. The topological polar surface area (TPSA) is 89.3 Å². The fraction of sp³-hybridized carbons (Fsp3) is 0.333. The van der Waals surface area contributed by atoms with E-state index in [1.165, 1.54) is 13.0 Å². The fourth-order valence-electron chi connectivity index (χ4n) is 1.45. The van der Waals surface area contributed by atoms with E-state index in [4.69, 9.17) is 0 Å². The van der Waals surface area contributed by atoms with Crippen LogP contribution >= 0.6 is 0 Å². The highest BCUT2D eigenvalue weighted by molar-refractivity contribution is 5.81. The van der Waals surface area contributed by atoms with Crippen LogP contribution in [0.5, 0.6) is 0 Å². The second kappa shape index (κ2) is 6.48. The summed E-state index contributed by atoms with van der Waals surface area (Å²) >= 11 is 0. The van der Waals surface area contributed by atoms with Gasteiger partial charge in [-0.25, -0.2) is 0 Å². The number of carbonyl (C=O) groups is 2. The van der Waals surface area contributed by atoms with Crippen molar-refractivity contribution in [3.05, 3.63) is 39.9 Å². The summed E-state index contributed by atoms with van der Waals surface area (Å²) in [7, 11) is 0. The van der Waals surface area contributed by atoms with Crippen LogP contribution in [0.3, 0.4) is 0 Å². The lowest BCUT2D eigenvalue weighted by molar-refractivity contribution is -0.385. The highest BCUT2D eigenvalue weighted by atomic mass is 16.6. The minimum Gasteiger partial charge on any atom is -0.355 e. The van der Waals surface area contributed by atoms with Crippen molar-refractivity contribution in [1.29, 1.82) is 0 Å². The van der Waals surface area contributed by atoms with Crippen LogP contribution in [0.4, 0.5) is 5.69 Å². The van der Waals surface area contributed by atoms with Gasteiger partial charge in [0, 0.05) is 24.6 Å². The molecule has 0 saturated carbocycles. The van der Waals surface area contributed by atoms with E-state index in [1.54, 1.807) is 18.2 Å². The first kappa shape index (κ1) is 13.8. The zero-order valence-electron chi connectivity index (χ0n) is 10.0. The molecule has 1 N–H and O–H groups in total. The van der Waals surface area contributed by atoms with E-state index in [1.807, 2.05) is 0 Å². The Hall–Kier alpha value is -2.24. The lowest BCUT2D eigenvalue weighted by atomic mass is 10.1. The molecular weight excluding hydrogens is 236 g/mol. The van der Waals surface area contributed by atoms with Gasteiger partial charge in [0.15, 0.2) is 0 Å². The number of rotatable bonds is 6. The molecule has 0 aliphatic rings. The Kier molecular flexibility index (Phi) is 4.98. The standard InChI is InChI=1S/C12H14N2O4/c1-9(15)6-7-13-12(16)8-10-4-2-3-5-11(10)14(17)18/h2-5H,6-8H2,1H3,(H,13,16). The van der Waals surface area contributed by atoms with Gasteiger partial charge in [-0.1, -0.05) is 18.2 Å². The molecule has 0 bridgehead atoms. The van der Waals surface area contributed by atoms with Gasteiger partial charge in [-0.05, 0) is 6.92 Å². The third kappa shape index (κ3) is 4.32. The van der Waals surface area contributed by atoms with Crippen LogP contribution in [0.2, 0.25) is 0 Å². The molecule has 0 fully saturated rings. The zero-order chi connectivity index (χ0) is 13.5. The van der Waals surface area contributed by atoms with Gasteiger partial charge in [0.1, 0.15) is 5.78 Å². The summed E-state index contributed by atoms with van der Waals surface area (Å²) in [5, 5.41) is 13.3. The number of nitro groups is 1. The Morgan fingerprint density at radius 1 is 1.33 bits per heavy atom. The predicted octanol–water partition coefficient (Wildman–Crippen LogP) is 1.23. The molecule has 0 aromatic heterocycles. The van der Waals surface area contributed by atoms with Crippen molar-refractivity contribution in [3.63, 3.8) is 0 Å². The highest BCUT2D eigenvalue weighted by Gasteiger charge is 2.15. The molecule has 1 rings (SSSR count). The largest absolute Gasteiger partial charge is 0.355 e. The number of Topliss-reactive ketones (excluding diaryl/α,β-unsaturated/α-hetero) is 1.